The van der Waals surface area contributed by atoms with Crippen molar-refractivity contribution in [2.75, 3.05) is 12.3 Å². The van der Waals surface area contributed by atoms with Gasteiger partial charge in [0, 0.05) is 48.8 Å². The van der Waals surface area contributed by atoms with Gasteiger partial charge in [-0.15, -0.1) is 0 Å². The van der Waals surface area contributed by atoms with Crippen LogP contribution in [0.4, 0.5) is 0 Å². The van der Waals surface area contributed by atoms with Crippen LogP contribution in [-0.2, 0) is 25.3 Å². The summed E-state index contributed by atoms with van der Waals surface area (Å²) in [5, 5.41) is 4.67. The SMILES string of the molecule is Cc1ncc(CN2CCCC2Cn2nc3c(cc2=O)CSCC3)cn1. The van der Waals surface area contributed by atoms with Crippen molar-refractivity contribution in [3.05, 3.63) is 51.5 Å². The Hall–Kier alpha value is -1.73. The molecule has 7 heteroatoms. The Morgan fingerprint density at radius 3 is 3.00 bits per heavy atom. The number of rotatable bonds is 4. The lowest BCUT2D eigenvalue weighted by Crippen LogP contribution is -2.37. The van der Waals surface area contributed by atoms with Gasteiger partial charge in [-0.05, 0) is 37.6 Å². The average molecular weight is 357 g/mol. The summed E-state index contributed by atoms with van der Waals surface area (Å²) >= 11 is 1.88. The van der Waals surface area contributed by atoms with Crippen molar-refractivity contribution < 1.29 is 0 Å². The van der Waals surface area contributed by atoms with E-state index in [2.05, 4.69) is 20.0 Å². The molecule has 0 radical (unpaired) electrons. The summed E-state index contributed by atoms with van der Waals surface area (Å²) < 4.78 is 1.68. The van der Waals surface area contributed by atoms with E-state index in [1.165, 1.54) is 0 Å². The quantitative estimate of drug-likeness (QED) is 0.831. The third-order valence-electron chi connectivity index (χ3n) is 5.01. The van der Waals surface area contributed by atoms with E-state index in [1.807, 2.05) is 31.1 Å². The van der Waals surface area contributed by atoms with E-state index in [-0.39, 0.29) is 5.56 Å². The van der Waals surface area contributed by atoms with Crippen LogP contribution < -0.4 is 5.56 Å². The zero-order chi connectivity index (χ0) is 17.2. The second kappa shape index (κ2) is 7.25. The highest BCUT2D eigenvalue weighted by Gasteiger charge is 2.26. The minimum Gasteiger partial charge on any atom is -0.294 e. The van der Waals surface area contributed by atoms with Gasteiger partial charge < -0.3 is 0 Å². The fraction of sp³-hybridized carbons (Fsp3) is 0.556. The van der Waals surface area contributed by atoms with Crippen LogP contribution in [-0.4, -0.2) is 43.0 Å². The summed E-state index contributed by atoms with van der Waals surface area (Å²) in [6, 6.07) is 2.14. The van der Waals surface area contributed by atoms with Crippen LogP contribution in [0.15, 0.2) is 23.3 Å². The predicted octanol–water partition coefficient (Wildman–Crippen LogP) is 1.80. The summed E-state index contributed by atoms with van der Waals surface area (Å²) in [6.07, 6.45) is 7.04. The van der Waals surface area contributed by atoms with E-state index in [1.54, 1.807) is 10.7 Å². The summed E-state index contributed by atoms with van der Waals surface area (Å²) in [6.45, 7) is 4.46. The minimum atomic E-state index is 0.0340. The lowest BCUT2D eigenvalue weighted by atomic mass is 10.2. The van der Waals surface area contributed by atoms with Crippen LogP contribution >= 0.6 is 11.8 Å². The van der Waals surface area contributed by atoms with Crippen molar-refractivity contribution >= 4 is 11.8 Å². The van der Waals surface area contributed by atoms with E-state index >= 15 is 0 Å². The lowest BCUT2D eigenvalue weighted by molar-refractivity contribution is 0.216. The maximum absolute atomic E-state index is 12.4. The van der Waals surface area contributed by atoms with Crippen LogP contribution in [0.5, 0.6) is 0 Å². The molecule has 0 saturated carbocycles. The van der Waals surface area contributed by atoms with Crippen molar-refractivity contribution in [3.63, 3.8) is 0 Å². The van der Waals surface area contributed by atoms with Gasteiger partial charge in [0.05, 0.1) is 12.2 Å². The molecule has 2 aliphatic heterocycles. The highest BCUT2D eigenvalue weighted by molar-refractivity contribution is 7.98. The third-order valence-corrected chi connectivity index (χ3v) is 6.02. The standard InChI is InChI=1S/C18H23N5OS/c1-13-19-8-14(9-20-13)10-22-5-2-3-16(22)11-23-18(24)7-15-12-25-6-4-17(15)21-23/h7-9,16H,2-6,10-12H2,1H3. The molecule has 0 aromatic carbocycles. The molecule has 4 heterocycles. The van der Waals surface area contributed by atoms with Gasteiger partial charge in [-0.2, -0.15) is 16.9 Å². The monoisotopic (exact) mass is 357 g/mol. The Bertz CT molecular complexity index is 804. The number of thioether (sulfide) groups is 1. The number of likely N-dealkylation sites (tertiary alicyclic amines) is 1. The number of hydrogen-bond donors (Lipinski definition) is 0. The molecule has 6 nitrogen and oxygen atoms in total. The molecule has 4 rings (SSSR count). The molecule has 0 N–H and O–H groups in total. The van der Waals surface area contributed by atoms with Crippen molar-refractivity contribution in [1.29, 1.82) is 0 Å². The largest absolute Gasteiger partial charge is 0.294 e. The van der Waals surface area contributed by atoms with Gasteiger partial charge >= 0.3 is 0 Å². The van der Waals surface area contributed by atoms with E-state index < -0.39 is 0 Å². The first-order valence-electron chi connectivity index (χ1n) is 8.88. The van der Waals surface area contributed by atoms with Crippen LogP contribution in [0.3, 0.4) is 0 Å². The molecule has 1 saturated heterocycles. The smallest absolute Gasteiger partial charge is 0.267 e. The van der Waals surface area contributed by atoms with E-state index in [9.17, 15) is 4.79 Å². The van der Waals surface area contributed by atoms with Gasteiger partial charge in [0.1, 0.15) is 5.82 Å². The van der Waals surface area contributed by atoms with E-state index in [4.69, 9.17) is 0 Å². The van der Waals surface area contributed by atoms with Gasteiger partial charge in [0.25, 0.3) is 5.56 Å². The second-order valence-corrected chi connectivity index (χ2v) is 7.95. The Kier molecular flexibility index (Phi) is 4.85. The summed E-state index contributed by atoms with van der Waals surface area (Å²) in [7, 11) is 0. The lowest BCUT2D eigenvalue weighted by Gasteiger charge is -2.25. The van der Waals surface area contributed by atoms with Gasteiger partial charge in [0.15, 0.2) is 0 Å². The molecule has 25 heavy (non-hydrogen) atoms. The number of nitrogens with zero attached hydrogens (tertiary/aromatic N) is 5. The molecule has 0 amide bonds. The summed E-state index contributed by atoms with van der Waals surface area (Å²) in [5.41, 5.74) is 3.39. The van der Waals surface area contributed by atoms with Gasteiger partial charge in [0.2, 0.25) is 0 Å². The van der Waals surface area contributed by atoms with E-state index in [0.29, 0.717) is 12.6 Å². The Labute approximate surface area is 151 Å². The maximum atomic E-state index is 12.4. The number of fused-ring (bicyclic) bond motifs is 1. The van der Waals surface area contributed by atoms with Crippen LogP contribution in [0.2, 0.25) is 0 Å². The van der Waals surface area contributed by atoms with E-state index in [0.717, 1.165) is 66.5 Å². The highest BCUT2D eigenvalue weighted by Crippen LogP contribution is 2.23. The average Bonchev–Trinajstić information content (AvgIpc) is 3.04. The zero-order valence-corrected chi connectivity index (χ0v) is 15.3. The summed E-state index contributed by atoms with van der Waals surface area (Å²) in [5.74, 6) is 2.81. The first kappa shape index (κ1) is 16.7. The fourth-order valence-corrected chi connectivity index (χ4v) is 4.58. The third kappa shape index (κ3) is 3.77. The molecule has 0 bridgehead atoms. The Balaban J connectivity index is 1.49. The highest BCUT2D eigenvalue weighted by atomic mass is 32.2. The first-order valence-corrected chi connectivity index (χ1v) is 10.0. The van der Waals surface area contributed by atoms with Gasteiger partial charge in [-0.1, -0.05) is 0 Å². The van der Waals surface area contributed by atoms with Crippen molar-refractivity contribution in [2.24, 2.45) is 0 Å². The van der Waals surface area contributed by atoms with Crippen LogP contribution in [0.1, 0.15) is 35.5 Å². The zero-order valence-electron chi connectivity index (χ0n) is 14.5. The van der Waals surface area contributed by atoms with Crippen molar-refractivity contribution in [2.45, 2.75) is 51.1 Å². The Morgan fingerprint density at radius 1 is 1.32 bits per heavy atom. The molecule has 2 aromatic heterocycles. The molecule has 1 atom stereocenters. The maximum Gasteiger partial charge on any atom is 0.267 e. The van der Waals surface area contributed by atoms with Crippen LogP contribution in [0, 0.1) is 6.92 Å². The fourth-order valence-electron chi connectivity index (χ4n) is 3.63. The van der Waals surface area contributed by atoms with Gasteiger partial charge in [-0.25, -0.2) is 14.6 Å². The topological polar surface area (TPSA) is 63.9 Å². The molecule has 1 fully saturated rings. The molecular weight excluding hydrogens is 334 g/mol. The molecule has 132 valence electrons. The number of aromatic nitrogens is 4. The molecule has 2 aliphatic rings. The first-order chi connectivity index (χ1) is 12.2. The predicted molar refractivity (Wildman–Crippen MR) is 98.6 cm³/mol. The summed E-state index contributed by atoms with van der Waals surface area (Å²) in [4.78, 5) is 23.4. The number of hydrogen-bond acceptors (Lipinski definition) is 6. The van der Waals surface area contributed by atoms with Crippen LogP contribution in [0.25, 0.3) is 0 Å². The normalized spacial score (nSPS) is 20.6. The molecule has 0 aliphatic carbocycles. The molecule has 0 spiro atoms. The molecule has 1 unspecified atom stereocenters. The van der Waals surface area contributed by atoms with Crippen molar-refractivity contribution in [3.8, 4) is 0 Å². The second-order valence-electron chi connectivity index (χ2n) is 6.84. The number of aryl methyl sites for hydroxylation is 2. The molecular formula is C18H23N5OS. The molecule has 2 aromatic rings. The van der Waals surface area contributed by atoms with Gasteiger partial charge in [-0.3, -0.25) is 9.69 Å². The minimum absolute atomic E-state index is 0.0340. The van der Waals surface area contributed by atoms with Crippen molar-refractivity contribution in [1.82, 2.24) is 24.6 Å². The Morgan fingerprint density at radius 2 is 2.16 bits per heavy atom.